The average molecular weight is 298 g/mol. The minimum absolute atomic E-state index is 0.245. The highest BCUT2D eigenvalue weighted by Gasteiger charge is 2.34. The van der Waals surface area contributed by atoms with Crippen LogP contribution in [-0.2, 0) is 16.6 Å². The van der Waals surface area contributed by atoms with Crippen LogP contribution in [0.15, 0.2) is 29.2 Å². The number of nitrogens with two attached hydrogens (primary N) is 1. The predicted octanol–water partition coefficient (Wildman–Crippen LogP) is 1.07. The third kappa shape index (κ3) is 3.03. The topological polar surface area (TPSA) is 83.6 Å². The molecule has 1 aromatic rings. The summed E-state index contributed by atoms with van der Waals surface area (Å²) >= 11 is 0. The standard InChI is InChI=1S/C14H22N2O3S/c1-16(13-4-2-3-5-14(13)17)20(18,19)12-8-6-11(10-15)7-9-12/h6-9,13-14,17H,2-5,10,15H2,1H3. The van der Waals surface area contributed by atoms with Gasteiger partial charge in [-0.25, -0.2) is 8.42 Å². The van der Waals surface area contributed by atoms with Crippen molar-refractivity contribution in [2.24, 2.45) is 5.73 Å². The number of sulfonamides is 1. The molecule has 0 saturated heterocycles. The van der Waals surface area contributed by atoms with E-state index in [-0.39, 0.29) is 10.9 Å². The minimum Gasteiger partial charge on any atom is -0.391 e. The number of hydrogen-bond donors (Lipinski definition) is 2. The van der Waals surface area contributed by atoms with Crippen LogP contribution in [0.1, 0.15) is 31.2 Å². The van der Waals surface area contributed by atoms with E-state index in [4.69, 9.17) is 5.73 Å². The molecule has 0 aromatic heterocycles. The number of likely N-dealkylation sites (N-methyl/N-ethyl adjacent to an activating group) is 1. The van der Waals surface area contributed by atoms with Gasteiger partial charge < -0.3 is 10.8 Å². The van der Waals surface area contributed by atoms with Crippen LogP contribution in [0.5, 0.6) is 0 Å². The summed E-state index contributed by atoms with van der Waals surface area (Å²) in [5.41, 5.74) is 6.40. The van der Waals surface area contributed by atoms with Gasteiger partial charge in [0, 0.05) is 13.6 Å². The first-order valence-corrected chi connectivity index (χ1v) is 8.36. The summed E-state index contributed by atoms with van der Waals surface area (Å²) in [7, 11) is -2.02. The van der Waals surface area contributed by atoms with E-state index in [2.05, 4.69) is 0 Å². The Labute approximate surface area is 120 Å². The summed E-state index contributed by atoms with van der Waals surface area (Å²) in [4.78, 5) is 0.245. The average Bonchev–Trinajstić information content (AvgIpc) is 2.47. The van der Waals surface area contributed by atoms with Gasteiger partial charge >= 0.3 is 0 Å². The summed E-state index contributed by atoms with van der Waals surface area (Å²) < 4.78 is 26.4. The molecular formula is C14H22N2O3S. The lowest BCUT2D eigenvalue weighted by Gasteiger charge is -2.34. The molecule has 112 valence electrons. The van der Waals surface area contributed by atoms with Crippen molar-refractivity contribution in [1.82, 2.24) is 4.31 Å². The second-order valence-corrected chi connectivity index (χ2v) is 7.29. The van der Waals surface area contributed by atoms with Crippen LogP contribution in [0.2, 0.25) is 0 Å². The molecule has 0 spiro atoms. The highest BCUT2D eigenvalue weighted by molar-refractivity contribution is 7.89. The van der Waals surface area contributed by atoms with Crippen molar-refractivity contribution >= 4 is 10.0 Å². The van der Waals surface area contributed by atoms with Crippen LogP contribution in [0.4, 0.5) is 0 Å². The summed E-state index contributed by atoms with van der Waals surface area (Å²) in [6.07, 6.45) is 2.70. The molecule has 0 aliphatic heterocycles. The number of nitrogens with zero attached hydrogens (tertiary/aromatic N) is 1. The fourth-order valence-electron chi connectivity index (χ4n) is 2.66. The quantitative estimate of drug-likeness (QED) is 0.871. The van der Waals surface area contributed by atoms with Gasteiger partial charge in [-0.2, -0.15) is 4.31 Å². The van der Waals surface area contributed by atoms with Crippen LogP contribution in [-0.4, -0.2) is 37.0 Å². The monoisotopic (exact) mass is 298 g/mol. The van der Waals surface area contributed by atoms with Gasteiger partial charge in [-0.1, -0.05) is 25.0 Å². The molecule has 6 heteroatoms. The number of aliphatic hydroxyl groups is 1. The SMILES string of the molecule is CN(C1CCCCC1O)S(=O)(=O)c1ccc(CN)cc1. The molecule has 2 rings (SSSR count). The highest BCUT2D eigenvalue weighted by Crippen LogP contribution is 2.26. The minimum atomic E-state index is -3.56. The van der Waals surface area contributed by atoms with Crippen LogP contribution < -0.4 is 5.73 Å². The zero-order valence-electron chi connectivity index (χ0n) is 11.7. The van der Waals surface area contributed by atoms with Crippen molar-refractivity contribution in [1.29, 1.82) is 0 Å². The molecule has 2 atom stereocenters. The van der Waals surface area contributed by atoms with Crippen LogP contribution in [0.3, 0.4) is 0 Å². The van der Waals surface area contributed by atoms with Gasteiger partial charge in [0.25, 0.3) is 0 Å². The Hall–Kier alpha value is -0.950. The molecule has 1 aromatic carbocycles. The van der Waals surface area contributed by atoms with E-state index in [1.165, 1.54) is 4.31 Å². The Morgan fingerprint density at radius 3 is 2.40 bits per heavy atom. The molecular weight excluding hydrogens is 276 g/mol. The van der Waals surface area contributed by atoms with Gasteiger partial charge in [-0.05, 0) is 30.5 Å². The molecule has 3 N–H and O–H groups in total. The molecule has 1 aliphatic carbocycles. The maximum absolute atomic E-state index is 12.6. The fourth-order valence-corrected chi connectivity index (χ4v) is 4.07. The third-order valence-electron chi connectivity index (χ3n) is 4.00. The summed E-state index contributed by atoms with van der Waals surface area (Å²) in [5, 5.41) is 10.0. The first-order chi connectivity index (χ1) is 9.46. The second-order valence-electron chi connectivity index (χ2n) is 5.29. The molecule has 20 heavy (non-hydrogen) atoms. The van der Waals surface area contributed by atoms with E-state index in [1.54, 1.807) is 31.3 Å². The maximum atomic E-state index is 12.6. The Bertz CT molecular complexity index is 542. The first-order valence-electron chi connectivity index (χ1n) is 6.92. The van der Waals surface area contributed by atoms with E-state index in [0.29, 0.717) is 19.4 Å². The Kier molecular flexibility index (Phi) is 4.80. The molecule has 1 aliphatic rings. The number of rotatable bonds is 4. The largest absolute Gasteiger partial charge is 0.391 e. The molecule has 0 radical (unpaired) electrons. The van der Waals surface area contributed by atoms with Crippen molar-refractivity contribution in [3.8, 4) is 0 Å². The maximum Gasteiger partial charge on any atom is 0.243 e. The molecule has 0 bridgehead atoms. The number of hydrogen-bond acceptors (Lipinski definition) is 4. The smallest absolute Gasteiger partial charge is 0.243 e. The van der Waals surface area contributed by atoms with Crippen molar-refractivity contribution < 1.29 is 13.5 Å². The van der Waals surface area contributed by atoms with Crippen molar-refractivity contribution in [2.75, 3.05) is 7.05 Å². The summed E-state index contributed by atoms with van der Waals surface area (Å²) in [6.45, 7) is 0.386. The van der Waals surface area contributed by atoms with Gasteiger partial charge in [-0.15, -0.1) is 0 Å². The van der Waals surface area contributed by atoms with Gasteiger partial charge in [0.2, 0.25) is 10.0 Å². The van der Waals surface area contributed by atoms with Crippen LogP contribution in [0.25, 0.3) is 0 Å². The van der Waals surface area contributed by atoms with E-state index in [0.717, 1.165) is 18.4 Å². The van der Waals surface area contributed by atoms with Gasteiger partial charge in [0.05, 0.1) is 17.0 Å². The number of benzene rings is 1. The van der Waals surface area contributed by atoms with Crippen LogP contribution in [0, 0.1) is 0 Å². The highest BCUT2D eigenvalue weighted by atomic mass is 32.2. The Morgan fingerprint density at radius 2 is 1.85 bits per heavy atom. The molecule has 2 unspecified atom stereocenters. The summed E-state index contributed by atoms with van der Waals surface area (Å²) in [6, 6.07) is 6.26. The lowest BCUT2D eigenvalue weighted by molar-refractivity contribution is 0.0638. The lowest BCUT2D eigenvalue weighted by Crippen LogP contribution is -2.46. The molecule has 5 nitrogen and oxygen atoms in total. The normalized spacial score (nSPS) is 24.0. The Morgan fingerprint density at radius 1 is 1.25 bits per heavy atom. The zero-order chi connectivity index (χ0) is 14.8. The van der Waals surface area contributed by atoms with Crippen molar-refractivity contribution in [3.63, 3.8) is 0 Å². The first kappa shape index (κ1) is 15.4. The van der Waals surface area contributed by atoms with Crippen molar-refractivity contribution in [2.45, 2.75) is 49.3 Å². The van der Waals surface area contributed by atoms with E-state index >= 15 is 0 Å². The Balaban J connectivity index is 2.23. The fraction of sp³-hybridized carbons (Fsp3) is 0.571. The molecule has 0 amide bonds. The lowest BCUT2D eigenvalue weighted by atomic mass is 9.93. The molecule has 0 heterocycles. The molecule has 1 fully saturated rings. The number of aliphatic hydroxyl groups excluding tert-OH is 1. The molecule has 1 saturated carbocycles. The van der Waals surface area contributed by atoms with Gasteiger partial charge in [0.1, 0.15) is 0 Å². The summed E-state index contributed by atoms with van der Waals surface area (Å²) in [5.74, 6) is 0. The van der Waals surface area contributed by atoms with E-state index in [1.807, 2.05) is 0 Å². The predicted molar refractivity (Wildman–Crippen MR) is 77.5 cm³/mol. The van der Waals surface area contributed by atoms with Gasteiger partial charge in [-0.3, -0.25) is 0 Å². The third-order valence-corrected chi connectivity index (χ3v) is 5.89. The zero-order valence-corrected chi connectivity index (χ0v) is 12.5. The van der Waals surface area contributed by atoms with E-state index < -0.39 is 16.1 Å². The second kappa shape index (κ2) is 6.22. The van der Waals surface area contributed by atoms with Crippen LogP contribution >= 0.6 is 0 Å². The van der Waals surface area contributed by atoms with E-state index in [9.17, 15) is 13.5 Å². The van der Waals surface area contributed by atoms with Crippen molar-refractivity contribution in [3.05, 3.63) is 29.8 Å². The van der Waals surface area contributed by atoms with Gasteiger partial charge in [0.15, 0.2) is 0 Å².